The molecule has 0 unspecified atom stereocenters. The zero-order chi connectivity index (χ0) is 32.2. The number of aliphatic hydroxyl groups is 1. The third-order valence-electron chi connectivity index (χ3n) is 5.43. The molecule has 42 heavy (non-hydrogen) atoms. The maximum absolute atomic E-state index is 13.2. The molecule has 238 valence electrons. The summed E-state index contributed by atoms with van der Waals surface area (Å²) in [4.78, 5) is 80.9. The van der Waals surface area contributed by atoms with Crippen LogP contribution in [0.5, 0.6) is 0 Å². The maximum atomic E-state index is 13.2. The molecular weight excluding hydrogens is 560 g/mol. The molecule has 5 amide bonds. The number of nitrogens with two attached hydrogens (primary N) is 6. The Kier molecular flexibility index (Phi) is 17.9. The minimum Gasteiger partial charge on any atom is -0.480 e. The number of guanidine groups is 2. The van der Waals surface area contributed by atoms with E-state index in [9.17, 15) is 33.9 Å². The molecular formula is C22H42N12O8. The molecule has 0 fully saturated rings. The second-order valence-electron chi connectivity index (χ2n) is 8.99. The Hall–Kier alpha value is -4.72. The highest BCUT2D eigenvalue weighted by Crippen LogP contribution is 2.05. The largest absolute Gasteiger partial charge is 0.480 e. The van der Waals surface area contributed by atoms with Crippen LogP contribution in [-0.2, 0) is 28.8 Å². The van der Waals surface area contributed by atoms with Gasteiger partial charge in [-0.1, -0.05) is 0 Å². The number of nitrogens with zero attached hydrogens (tertiary/aromatic N) is 2. The summed E-state index contributed by atoms with van der Waals surface area (Å²) >= 11 is 0. The number of aliphatic imine (C=N–C) groups is 2. The first-order chi connectivity index (χ1) is 19.7. The van der Waals surface area contributed by atoms with Crippen LogP contribution < -0.4 is 55.7 Å². The molecule has 0 spiro atoms. The van der Waals surface area contributed by atoms with Crippen molar-refractivity contribution >= 4 is 47.4 Å². The van der Waals surface area contributed by atoms with Gasteiger partial charge < -0.3 is 65.9 Å². The molecule has 0 heterocycles. The van der Waals surface area contributed by atoms with E-state index in [1.54, 1.807) is 0 Å². The van der Waals surface area contributed by atoms with Crippen molar-refractivity contribution in [3.05, 3.63) is 0 Å². The van der Waals surface area contributed by atoms with Crippen LogP contribution in [0.1, 0.15) is 38.5 Å². The highest BCUT2D eigenvalue weighted by molar-refractivity contribution is 5.94. The Morgan fingerprint density at radius 3 is 1.62 bits per heavy atom. The molecule has 0 aromatic carbocycles. The van der Waals surface area contributed by atoms with Crippen LogP contribution in [0.25, 0.3) is 0 Å². The number of amides is 5. The smallest absolute Gasteiger partial charge is 0.326 e. The minimum absolute atomic E-state index is 0.0227. The number of aliphatic carboxylic acids is 1. The van der Waals surface area contributed by atoms with Gasteiger partial charge in [-0.3, -0.25) is 34.0 Å². The van der Waals surface area contributed by atoms with Gasteiger partial charge in [-0.25, -0.2) is 4.79 Å². The van der Waals surface area contributed by atoms with Crippen LogP contribution in [-0.4, -0.2) is 108 Å². The number of aliphatic hydroxyl groups excluding tert-OH is 1. The van der Waals surface area contributed by atoms with E-state index in [1.807, 2.05) is 0 Å². The molecule has 18 N–H and O–H groups in total. The van der Waals surface area contributed by atoms with Crippen molar-refractivity contribution < 1.29 is 39.0 Å². The van der Waals surface area contributed by atoms with Crippen molar-refractivity contribution in [2.75, 3.05) is 26.2 Å². The molecule has 20 heteroatoms. The average molecular weight is 603 g/mol. The standard InChI is InChI=1S/C22H42N12O8/c23-11(10-35)17(38)31-9-16(37)32-12(3-1-7-29-21(25)26)18(39)33-13(5-6-15(24)36)19(40)34-14(20(41)42)4-2-8-30-22(27)28/h11-14,35H,1-10,23H2,(H2,24,36)(H,31,38)(H,32,37)(H,33,39)(H,34,40)(H,41,42)(H4,25,26,29)(H4,27,28,30)/t11-,12-,13-,14-/m0/s1. The zero-order valence-corrected chi connectivity index (χ0v) is 23.1. The topological polar surface area (TPSA) is 372 Å². The van der Waals surface area contributed by atoms with Crippen molar-refractivity contribution in [2.24, 2.45) is 44.4 Å². The highest BCUT2D eigenvalue weighted by Gasteiger charge is 2.29. The summed E-state index contributed by atoms with van der Waals surface area (Å²) in [7, 11) is 0. The predicted octanol–water partition coefficient (Wildman–Crippen LogP) is -6.67. The van der Waals surface area contributed by atoms with Crippen LogP contribution in [0.2, 0.25) is 0 Å². The number of nitrogens with one attached hydrogen (secondary N) is 4. The summed E-state index contributed by atoms with van der Waals surface area (Å²) in [6.45, 7) is -1.04. The van der Waals surface area contributed by atoms with Gasteiger partial charge in [-0.2, -0.15) is 0 Å². The molecule has 0 aromatic heterocycles. The molecule has 0 rings (SSSR count). The van der Waals surface area contributed by atoms with Gasteiger partial charge in [0.15, 0.2) is 11.9 Å². The molecule has 4 atom stereocenters. The Morgan fingerprint density at radius 2 is 1.17 bits per heavy atom. The van der Waals surface area contributed by atoms with Crippen LogP contribution in [0.15, 0.2) is 9.98 Å². The van der Waals surface area contributed by atoms with Gasteiger partial charge in [0.1, 0.15) is 24.2 Å². The SMILES string of the molecule is NC(=O)CC[C@H](NC(=O)[C@H](CCCN=C(N)N)NC(=O)CNC(=O)[C@@H](N)CO)C(=O)N[C@@H](CCCN=C(N)N)C(=O)O. The molecule has 0 aliphatic heterocycles. The monoisotopic (exact) mass is 602 g/mol. The van der Waals surface area contributed by atoms with Gasteiger partial charge in [0.2, 0.25) is 29.5 Å². The lowest BCUT2D eigenvalue weighted by Gasteiger charge is -2.24. The molecule has 0 saturated heterocycles. The molecule has 20 nitrogen and oxygen atoms in total. The Labute approximate surface area is 241 Å². The lowest BCUT2D eigenvalue weighted by atomic mass is 10.1. The quantitative estimate of drug-likeness (QED) is 0.0330. The summed E-state index contributed by atoms with van der Waals surface area (Å²) in [5, 5.41) is 27.7. The van der Waals surface area contributed by atoms with E-state index in [0.717, 1.165) is 0 Å². The van der Waals surface area contributed by atoms with E-state index in [-0.39, 0.29) is 63.5 Å². The van der Waals surface area contributed by atoms with E-state index in [2.05, 4.69) is 31.3 Å². The highest BCUT2D eigenvalue weighted by atomic mass is 16.4. The minimum atomic E-state index is -1.41. The Morgan fingerprint density at radius 1 is 0.690 bits per heavy atom. The van der Waals surface area contributed by atoms with Crippen LogP contribution in [0.3, 0.4) is 0 Å². The fourth-order valence-corrected chi connectivity index (χ4v) is 3.26. The van der Waals surface area contributed by atoms with Crippen molar-refractivity contribution in [3.63, 3.8) is 0 Å². The molecule has 0 aromatic rings. The summed E-state index contributed by atoms with van der Waals surface area (Å²) in [6.07, 6.45) is -0.283. The van der Waals surface area contributed by atoms with E-state index in [1.165, 1.54) is 0 Å². The second-order valence-corrected chi connectivity index (χ2v) is 8.99. The zero-order valence-electron chi connectivity index (χ0n) is 23.1. The number of carboxylic acid groups (broad SMARTS) is 1. The number of primary amides is 1. The molecule has 0 saturated carbocycles. The van der Waals surface area contributed by atoms with Gasteiger partial charge in [-0.15, -0.1) is 0 Å². The van der Waals surface area contributed by atoms with E-state index in [4.69, 9.17) is 39.5 Å². The lowest BCUT2D eigenvalue weighted by Crippen LogP contribution is -2.56. The molecule has 0 aliphatic rings. The number of hydrogen-bond acceptors (Lipinski definition) is 10. The fourth-order valence-electron chi connectivity index (χ4n) is 3.26. The van der Waals surface area contributed by atoms with Crippen LogP contribution >= 0.6 is 0 Å². The number of carboxylic acids is 1. The summed E-state index contributed by atoms with van der Waals surface area (Å²) in [6, 6.07) is -5.32. The first-order valence-electron chi connectivity index (χ1n) is 12.8. The van der Waals surface area contributed by atoms with Gasteiger partial charge in [0.25, 0.3) is 0 Å². The van der Waals surface area contributed by atoms with Crippen LogP contribution in [0, 0.1) is 0 Å². The van der Waals surface area contributed by atoms with Gasteiger partial charge in [-0.05, 0) is 32.1 Å². The van der Waals surface area contributed by atoms with E-state index >= 15 is 0 Å². The summed E-state index contributed by atoms with van der Waals surface area (Å²) in [5.41, 5.74) is 31.6. The average Bonchev–Trinajstić information content (AvgIpc) is 2.91. The van der Waals surface area contributed by atoms with Crippen LogP contribution in [0.4, 0.5) is 0 Å². The summed E-state index contributed by atoms with van der Waals surface area (Å²) < 4.78 is 0. The third-order valence-corrected chi connectivity index (χ3v) is 5.43. The van der Waals surface area contributed by atoms with Crippen molar-refractivity contribution in [2.45, 2.75) is 62.7 Å². The number of carbonyl (C=O) groups excluding carboxylic acids is 5. The Balaban J connectivity index is 5.65. The second kappa shape index (κ2) is 20.2. The maximum Gasteiger partial charge on any atom is 0.326 e. The van der Waals surface area contributed by atoms with Gasteiger partial charge in [0, 0.05) is 19.5 Å². The predicted molar refractivity (Wildman–Crippen MR) is 150 cm³/mol. The van der Waals surface area contributed by atoms with Crippen molar-refractivity contribution in [1.29, 1.82) is 0 Å². The van der Waals surface area contributed by atoms with E-state index in [0.29, 0.717) is 0 Å². The van der Waals surface area contributed by atoms with Gasteiger partial charge >= 0.3 is 5.97 Å². The molecule has 0 bridgehead atoms. The van der Waals surface area contributed by atoms with Gasteiger partial charge in [0.05, 0.1) is 13.2 Å². The normalized spacial score (nSPS) is 13.3. The lowest BCUT2D eigenvalue weighted by molar-refractivity contribution is -0.142. The molecule has 0 radical (unpaired) electrons. The fraction of sp³-hybridized carbons (Fsp3) is 0.636. The first-order valence-corrected chi connectivity index (χ1v) is 12.8. The summed E-state index contributed by atoms with van der Waals surface area (Å²) in [5.74, 6) is -5.93. The molecule has 0 aliphatic carbocycles. The number of hydrogen-bond donors (Lipinski definition) is 12. The number of rotatable bonds is 21. The number of carbonyl (C=O) groups is 6. The Bertz CT molecular complexity index is 998. The first kappa shape index (κ1) is 37.3. The van der Waals surface area contributed by atoms with E-state index < -0.39 is 72.8 Å². The van der Waals surface area contributed by atoms with Crippen molar-refractivity contribution in [3.8, 4) is 0 Å². The third kappa shape index (κ3) is 17.1. The van der Waals surface area contributed by atoms with Crippen molar-refractivity contribution in [1.82, 2.24) is 21.3 Å².